The Bertz CT molecular complexity index is 1110. The van der Waals surface area contributed by atoms with Crippen LogP contribution in [0.3, 0.4) is 0 Å². The van der Waals surface area contributed by atoms with Crippen LogP contribution in [0.15, 0.2) is 91.0 Å². The summed E-state index contributed by atoms with van der Waals surface area (Å²) in [5.41, 5.74) is 3.17. The average Bonchev–Trinajstić information content (AvgIpc) is 3.01. The molecule has 1 aliphatic heterocycles. The summed E-state index contributed by atoms with van der Waals surface area (Å²) in [5.74, 6) is 0.0955. The lowest BCUT2D eigenvalue weighted by molar-refractivity contribution is -0.351. The van der Waals surface area contributed by atoms with E-state index in [0.717, 1.165) is 42.4 Å². The van der Waals surface area contributed by atoms with Crippen molar-refractivity contribution in [1.82, 2.24) is 0 Å². The van der Waals surface area contributed by atoms with Gasteiger partial charge in [-0.15, -0.1) is 0 Å². The molecule has 0 amide bonds. The van der Waals surface area contributed by atoms with Gasteiger partial charge >= 0.3 is 0 Å². The number of hydrogen-bond donors (Lipinski definition) is 1. The number of benzene rings is 3. The van der Waals surface area contributed by atoms with Crippen molar-refractivity contribution in [2.75, 3.05) is 0 Å². The molecule has 1 N–H and O–H groups in total. The van der Waals surface area contributed by atoms with Crippen molar-refractivity contribution in [3.63, 3.8) is 0 Å². The molecule has 0 aromatic heterocycles. The van der Waals surface area contributed by atoms with E-state index in [-0.39, 0.29) is 12.0 Å². The molecule has 1 saturated heterocycles. The largest absolute Gasteiger partial charge is 0.368 e. The van der Waals surface area contributed by atoms with E-state index in [1.54, 1.807) is 0 Å². The van der Waals surface area contributed by atoms with Crippen LogP contribution in [-0.4, -0.2) is 42.1 Å². The third kappa shape index (κ3) is 8.00. The molecule has 6 heteroatoms. The van der Waals surface area contributed by atoms with Crippen LogP contribution in [0.5, 0.6) is 0 Å². The minimum absolute atomic E-state index is 0.0955. The number of hydrogen-bond acceptors (Lipinski definition) is 6. The highest BCUT2D eigenvalue weighted by atomic mass is 16.8. The molecule has 1 heterocycles. The van der Waals surface area contributed by atoms with Crippen LogP contribution in [0, 0.1) is 5.92 Å². The Balaban J connectivity index is 1.38. The fourth-order valence-electron chi connectivity index (χ4n) is 5.65. The maximum Gasteiger partial charge on any atom is 0.189 e. The van der Waals surface area contributed by atoms with Crippen molar-refractivity contribution in [3.05, 3.63) is 108 Å². The lowest BCUT2D eigenvalue weighted by Crippen LogP contribution is -2.60. The summed E-state index contributed by atoms with van der Waals surface area (Å²) >= 11 is 0. The van der Waals surface area contributed by atoms with Crippen LogP contribution < -0.4 is 0 Å². The fraction of sp³-hybridized carbons (Fsp3) is 0.471. The molecular formula is C34H42O6. The lowest BCUT2D eigenvalue weighted by Gasteiger charge is -2.46. The van der Waals surface area contributed by atoms with E-state index < -0.39 is 30.9 Å². The lowest BCUT2D eigenvalue weighted by atomic mass is 9.89. The van der Waals surface area contributed by atoms with E-state index in [0.29, 0.717) is 19.8 Å². The van der Waals surface area contributed by atoms with Gasteiger partial charge in [0, 0.05) is 5.92 Å². The maximum atomic E-state index is 11.1. The van der Waals surface area contributed by atoms with Crippen LogP contribution in [-0.2, 0) is 43.5 Å². The molecule has 1 aliphatic carbocycles. The number of rotatable bonds is 12. The molecule has 2 fully saturated rings. The first kappa shape index (κ1) is 28.9. The Labute approximate surface area is 238 Å². The van der Waals surface area contributed by atoms with Gasteiger partial charge in [-0.2, -0.15) is 0 Å². The Kier molecular flexibility index (Phi) is 10.8. The molecule has 3 aromatic rings. The van der Waals surface area contributed by atoms with Gasteiger partial charge in [0.15, 0.2) is 12.6 Å². The second-order valence-electron chi connectivity index (χ2n) is 10.9. The van der Waals surface area contributed by atoms with Crippen molar-refractivity contribution in [1.29, 1.82) is 0 Å². The molecule has 2 aliphatic rings. The number of aliphatic hydroxyl groups is 1. The number of ether oxygens (including phenoxy) is 5. The molecule has 3 aromatic carbocycles. The van der Waals surface area contributed by atoms with Crippen molar-refractivity contribution in [2.24, 2.45) is 5.92 Å². The highest BCUT2D eigenvalue weighted by Gasteiger charge is 2.48. The highest BCUT2D eigenvalue weighted by molar-refractivity contribution is 5.15. The highest BCUT2D eigenvalue weighted by Crippen LogP contribution is 2.34. The first-order valence-corrected chi connectivity index (χ1v) is 14.6. The Morgan fingerprint density at radius 3 is 1.60 bits per heavy atom. The predicted octanol–water partition coefficient (Wildman–Crippen LogP) is 6.40. The van der Waals surface area contributed by atoms with Crippen molar-refractivity contribution < 1.29 is 28.8 Å². The molecule has 0 unspecified atom stereocenters. The van der Waals surface area contributed by atoms with Gasteiger partial charge in [0.2, 0.25) is 0 Å². The maximum absolute atomic E-state index is 11.1. The van der Waals surface area contributed by atoms with E-state index in [2.05, 4.69) is 0 Å². The molecular weight excluding hydrogens is 504 g/mol. The SMILES string of the molecule is C[C@@H]1O[C@H](O[C@H](O)C2CCCCC2)[C@@H](OCc2ccccc2)[C@H](OCc2ccccc2)[C@@H]1OCc1ccccc1. The molecule has 5 rings (SSSR count). The van der Waals surface area contributed by atoms with Gasteiger partial charge in [0.05, 0.1) is 25.9 Å². The average molecular weight is 547 g/mol. The molecule has 0 radical (unpaired) electrons. The summed E-state index contributed by atoms with van der Waals surface area (Å²) in [7, 11) is 0. The molecule has 40 heavy (non-hydrogen) atoms. The first-order valence-electron chi connectivity index (χ1n) is 14.6. The minimum atomic E-state index is -0.920. The molecule has 6 atom stereocenters. The van der Waals surface area contributed by atoms with Gasteiger partial charge in [-0.25, -0.2) is 0 Å². The Morgan fingerprint density at radius 1 is 0.650 bits per heavy atom. The fourth-order valence-corrected chi connectivity index (χ4v) is 5.65. The molecule has 0 bridgehead atoms. The van der Waals surface area contributed by atoms with Crippen molar-refractivity contribution >= 4 is 0 Å². The minimum Gasteiger partial charge on any atom is -0.368 e. The van der Waals surface area contributed by atoms with E-state index in [4.69, 9.17) is 23.7 Å². The topological polar surface area (TPSA) is 66.4 Å². The van der Waals surface area contributed by atoms with E-state index >= 15 is 0 Å². The van der Waals surface area contributed by atoms with Crippen LogP contribution in [0.4, 0.5) is 0 Å². The summed E-state index contributed by atoms with van der Waals surface area (Å²) in [4.78, 5) is 0. The zero-order chi connectivity index (χ0) is 27.6. The van der Waals surface area contributed by atoms with Crippen LogP contribution >= 0.6 is 0 Å². The van der Waals surface area contributed by atoms with Gasteiger partial charge in [-0.1, -0.05) is 110 Å². The number of aliphatic hydroxyl groups excluding tert-OH is 1. The second kappa shape index (κ2) is 14.9. The molecule has 1 saturated carbocycles. The summed E-state index contributed by atoms with van der Waals surface area (Å²) in [6, 6.07) is 30.2. The quantitative estimate of drug-likeness (QED) is 0.265. The zero-order valence-electron chi connectivity index (χ0n) is 23.3. The molecule has 0 spiro atoms. The van der Waals surface area contributed by atoms with Crippen LogP contribution in [0.25, 0.3) is 0 Å². The van der Waals surface area contributed by atoms with Crippen LogP contribution in [0.1, 0.15) is 55.7 Å². The summed E-state index contributed by atoms with van der Waals surface area (Å²) in [6.45, 7) is 3.16. The Morgan fingerprint density at radius 2 is 1.10 bits per heavy atom. The summed E-state index contributed by atoms with van der Waals surface area (Å²) in [5, 5.41) is 11.1. The van der Waals surface area contributed by atoms with Gasteiger partial charge < -0.3 is 28.8 Å². The van der Waals surface area contributed by atoms with E-state index in [1.807, 2.05) is 97.9 Å². The third-order valence-corrected chi connectivity index (χ3v) is 7.91. The summed E-state index contributed by atoms with van der Waals surface area (Å²) in [6.07, 6.45) is 1.77. The summed E-state index contributed by atoms with van der Waals surface area (Å²) < 4.78 is 32.3. The smallest absolute Gasteiger partial charge is 0.189 e. The van der Waals surface area contributed by atoms with Crippen molar-refractivity contribution in [2.45, 2.75) is 95.8 Å². The molecule has 214 valence electrons. The standard InChI is InChI=1S/C34H42O6/c1-25-30(36-22-26-14-6-2-7-15-26)31(37-23-27-16-8-3-9-17-27)32(38-24-28-18-10-4-11-19-28)34(39-25)40-33(35)29-20-12-5-13-21-29/h2-4,6-11,14-19,25,29-35H,5,12-13,20-24H2,1H3/t25-,30+,31+,32-,33-,34+/m0/s1. The van der Waals surface area contributed by atoms with Gasteiger partial charge in [0.25, 0.3) is 0 Å². The van der Waals surface area contributed by atoms with E-state index in [9.17, 15) is 5.11 Å². The van der Waals surface area contributed by atoms with Crippen molar-refractivity contribution in [3.8, 4) is 0 Å². The molecule has 6 nitrogen and oxygen atoms in total. The normalized spacial score (nSPS) is 26.4. The van der Waals surface area contributed by atoms with Gasteiger partial charge in [0.1, 0.15) is 18.3 Å². The van der Waals surface area contributed by atoms with Crippen LogP contribution in [0.2, 0.25) is 0 Å². The predicted molar refractivity (Wildman–Crippen MR) is 153 cm³/mol. The van der Waals surface area contributed by atoms with Gasteiger partial charge in [-0.3, -0.25) is 0 Å². The third-order valence-electron chi connectivity index (χ3n) is 7.91. The Hall–Kier alpha value is -2.58. The first-order chi connectivity index (χ1) is 19.7. The second-order valence-corrected chi connectivity index (χ2v) is 10.9. The van der Waals surface area contributed by atoms with Gasteiger partial charge in [-0.05, 0) is 36.5 Å². The van der Waals surface area contributed by atoms with E-state index in [1.165, 1.54) is 6.42 Å². The monoisotopic (exact) mass is 546 g/mol. The zero-order valence-corrected chi connectivity index (χ0v) is 23.3.